The minimum absolute atomic E-state index is 0. The van der Waals surface area contributed by atoms with E-state index in [2.05, 4.69) is 58.0 Å². The maximum Gasteiger partial charge on any atom is 0.413 e. The molecule has 3 aliphatic heterocycles. The number of carbonyl (C=O) groups is 3. The molecule has 0 bridgehead atoms. The van der Waals surface area contributed by atoms with E-state index in [0.29, 0.717) is 21.1 Å². The maximum absolute atomic E-state index is 12.0. The Morgan fingerprint density at radius 3 is 1.27 bits per heavy atom. The molecule has 0 fully saturated rings. The van der Waals surface area contributed by atoms with Crippen LogP contribution in [0.15, 0.2) is 98.1 Å². The summed E-state index contributed by atoms with van der Waals surface area (Å²) in [6, 6.07) is 23.9. The molecule has 0 saturated heterocycles. The molecule has 0 spiro atoms. The third-order valence-corrected chi connectivity index (χ3v) is 13.5. The summed E-state index contributed by atoms with van der Waals surface area (Å²) >= 11 is 4.64. The van der Waals surface area contributed by atoms with E-state index in [0.717, 1.165) is 70.2 Å². The molecule has 0 saturated carbocycles. The molecule has 3 heterocycles. The number of hydrogen-bond acceptors (Lipinski definition) is 16. The molecular formula is C51H71ClN8O7S3. The van der Waals surface area contributed by atoms with Gasteiger partial charge in [-0.05, 0) is 148 Å². The summed E-state index contributed by atoms with van der Waals surface area (Å²) in [5.74, 6) is 2.72. The van der Waals surface area contributed by atoms with Crippen molar-refractivity contribution in [2.75, 3.05) is 31.5 Å². The van der Waals surface area contributed by atoms with Crippen molar-refractivity contribution in [1.82, 2.24) is 10.6 Å². The van der Waals surface area contributed by atoms with Gasteiger partial charge in [0.2, 0.25) is 0 Å². The van der Waals surface area contributed by atoms with Crippen LogP contribution >= 0.6 is 47.7 Å². The number of ether oxygens (including phenoxy) is 2. The van der Waals surface area contributed by atoms with Crippen LogP contribution in [0, 0.1) is 0 Å². The van der Waals surface area contributed by atoms with Gasteiger partial charge >= 0.3 is 12.2 Å². The number of halogens is 1. The molecule has 2 amide bonds. The first kappa shape index (κ1) is 59.3. The molecule has 6 rings (SSSR count). The smallest absolute Gasteiger partial charge is 0.413 e. The van der Waals surface area contributed by atoms with Crippen LogP contribution in [0.5, 0.6) is 0 Å². The molecule has 3 aromatic carbocycles. The molecule has 4 N–H and O–H groups in total. The number of alkyl carbamates (subject to hydrolysis) is 2. The number of thioether (sulfide) groups is 3. The number of benzene rings is 3. The Morgan fingerprint density at radius 1 is 0.586 bits per heavy atom. The summed E-state index contributed by atoms with van der Waals surface area (Å²) < 4.78 is 10.6. The van der Waals surface area contributed by atoms with Gasteiger partial charge < -0.3 is 24.9 Å². The molecule has 19 heteroatoms. The first-order valence-electron chi connectivity index (χ1n) is 22.7. The zero-order chi connectivity index (χ0) is 51.2. The van der Waals surface area contributed by atoms with Crippen LogP contribution in [0.3, 0.4) is 0 Å². The third-order valence-electron chi connectivity index (χ3n) is 10.9. The topological polar surface area (TPSA) is 200 Å². The second-order valence-electron chi connectivity index (χ2n) is 19.2. The fraction of sp³-hybridized carbons (Fsp3) is 0.490. The number of ketones is 1. The fourth-order valence-electron chi connectivity index (χ4n) is 7.15. The van der Waals surface area contributed by atoms with Crippen LogP contribution in [0.1, 0.15) is 141 Å². The molecule has 70 heavy (non-hydrogen) atoms. The number of hydrogen-bond donors (Lipinski definition) is 3. The largest absolute Gasteiger partial charge is 0.444 e. The highest BCUT2D eigenvalue weighted by Gasteiger charge is 2.34. The van der Waals surface area contributed by atoms with E-state index >= 15 is 0 Å². The minimum Gasteiger partial charge on any atom is -0.444 e. The van der Waals surface area contributed by atoms with Crippen LogP contribution in [-0.4, -0.2) is 87.6 Å². The van der Waals surface area contributed by atoms with Crippen LogP contribution in [0.2, 0.25) is 0 Å². The van der Waals surface area contributed by atoms with Gasteiger partial charge in [-0.25, -0.2) is 9.59 Å². The van der Waals surface area contributed by atoms with Crippen molar-refractivity contribution in [1.29, 1.82) is 0 Å². The maximum atomic E-state index is 12.0. The van der Waals surface area contributed by atoms with Gasteiger partial charge in [-0.2, -0.15) is 0 Å². The molecule has 382 valence electrons. The van der Waals surface area contributed by atoms with E-state index < -0.39 is 34.5 Å². The number of nitrogens with one attached hydrogen (secondary N) is 2. The molecule has 3 atom stereocenters. The minimum atomic E-state index is -0.552. The number of amides is 2. The first-order valence-corrected chi connectivity index (χ1v) is 25.6. The van der Waals surface area contributed by atoms with Gasteiger partial charge in [0.15, 0.2) is 21.3 Å². The summed E-state index contributed by atoms with van der Waals surface area (Å²) in [5.41, 5.74) is 11.2. The van der Waals surface area contributed by atoms with Gasteiger partial charge in [-0.1, -0.05) is 100 Å². The zero-order valence-electron chi connectivity index (χ0n) is 43.0. The van der Waals surface area contributed by atoms with Crippen molar-refractivity contribution in [3.63, 3.8) is 0 Å². The van der Waals surface area contributed by atoms with Crippen LogP contribution < -0.4 is 16.4 Å². The Hall–Kier alpha value is -5.04. The lowest BCUT2D eigenvalue weighted by molar-refractivity contribution is 0.0552. The Labute approximate surface area is 433 Å². The molecule has 15 nitrogen and oxygen atoms in total. The van der Waals surface area contributed by atoms with Gasteiger partial charge in [-0.15, -0.1) is 12.4 Å². The Balaban J connectivity index is 0.000000279. The van der Waals surface area contributed by atoms with Gasteiger partial charge in [0.25, 0.3) is 0 Å². The Bertz CT molecular complexity index is 2470. The quantitative estimate of drug-likeness (QED) is 0.110. The summed E-state index contributed by atoms with van der Waals surface area (Å²) in [6.45, 7) is 22.6. The third kappa shape index (κ3) is 18.3. The van der Waals surface area contributed by atoms with Crippen molar-refractivity contribution in [3.8, 4) is 0 Å². The van der Waals surface area contributed by atoms with E-state index in [-0.39, 0.29) is 23.7 Å². The van der Waals surface area contributed by atoms with Crippen LogP contribution in [0.25, 0.3) is 0 Å². The number of amidine groups is 3. The fourth-order valence-corrected chi connectivity index (χ4v) is 10.4. The summed E-state index contributed by atoms with van der Waals surface area (Å²) in [5, 5.41) is 15.3. The van der Waals surface area contributed by atoms with Crippen molar-refractivity contribution >= 4 is 92.6 Å². The van der Waals surface area contributed by atoms with Crippen LogP contribution in [0.4, 0.5) is 9.59 Å². The summed E-state index contributed by atoms with van der Waals surface area (Å²) in [6.07, 6.45) is 1.71. The zero-order valence-corrected chi connectivity index (χ0v) is 46.2. The number of carbonyl (C=O) groups excluding carboxylic acids is 3. The molecular weight excluding hydrogens is 968 g/mol. The van der Waals surface area contributed by atoms with Crippen molar-refractivity contribution in [2.45, 2.75) is 130 Å². The highest BCUT2D eigenvalue weighted by atomic mass is 35.5. The van der Waals surface area contributed by atoms with E-state index in [4.69, 9.17) is 34.9 Å². The van der Waals surface area contributed by atoms with Crippen molar-refractivity contribution < 1.29 is 33.5 Å². The van der Waals surface area contributed by atoms with Gasteiger partial charge in [0.05, 0.1) is 28.0 Å². The van der Waals surface area contributed by atoms with Gasteiger partial charge in [0.1, 0.15) is 25.4 Å². The normalized spacial score (nSPS) is 21.5. The monoisotopic (exact) mass is 1040 g/mol. The lowest BCUT2D eigenvalue weighted by Gasteiger charge is -2.31. The van der Waals surface area contributed by atoms with E-state index in [1.807, 2.05) is 111 Å². The number of nitrogens with zero attached hydrogens (tertiary/aromatic N) is 5. The number of rotatable bonds is 8. The summed E-state index contributed by atoms with van der Waals surface area (Å²) in [7, 11) is 3.09. The second kappa shape index (κ2) is 25.9. The predicted octanol–water partition coefficient (Wildman–Crippen LogP) is 11.6. The highest BCUT2D eigenvalue weighted by Crippen LogP contribution is 2.38. The molecule has 0 aromatic heterocycles. The highest BCUT2D eigenvalue weighted by molar-refractivity contribution is 8.14. The first-order chi connectivity index (χ1) is 32.3. The van der Waals surface area contributed by atoms with E-state index in [1.165, 1.54) is 36.2 Å². The van der Waals surface area contributed by atoms with Gasteiger partial charge in [0, 0.05) is 22.8 Å². The molecule has 3 aromatic rings. The summed E-state index contributed by atoms with van der Waals surface area (Å²) in [4.78, 5) is 59.4. The van der Waals surface area contributed by atoms with Crippen molar-refractivity contribution in [2.24, 2.45) is 31.0 Å². The lowest BCUT2D eigenvalue weighted by atomic mass is 9.88. The van der Waals surface area contributed by atoms with Crippen molar-refractivity contribution in [3.05, 3.63) is 106 Å². The average molecular weight is 1040 g/mol. The lowest BCUT2D eigenvalue weighted by Crippen LogP contribution is -2.38. The van der Waals surface area contributed by atoms with E-state index in [9.17, 15) is 14.4 Å². The molecule has 0 aliphatic carbocycles. The Morgan fingerprint density at radius 2 is 0.929 bits per heavy atom. The SMILES string of the molecule is CC(=O)c1cccc(C2(C)CCSC(NC(=O)OC(C)(C)C)=N2)c1.CO/N=C(\C)c1cccc(C2(C)CCSC(N)=N2)c1.CO/N=C(\C)c1cccc(C2(C)CCSC(NC(=O)OC(C)(C)C)=N2)c1.Cl. The molecule has 3 aliphatic rings. The van der Waals surface area contributed by atoms with Gasteiger partial charge in [-0.3, -0.25) is 30.4 Å². The second-order valence-corrected chi connectivity index (χ2v) is 22.5. The van der Waals surface area contributed by atoms with E-state index in [1.54, 1.807) is 31.9 Å². The number of aliphatic imine (C=N–C) groups is 3. The average Bonchev–Trinajstić information content (AvgIpc) is 3.26. The number of oxime groups is 2. The Kier molecular flexibility index (Phi) is 21.9. The van der Waals surface area contributed by atoms with Crippen LogP contribution in [-0.2, 0) is 35.8 Å². The number of nitrogens with two attached hydrogens (primary N) is 1. The molecule has 0 radical (unpaired) electrons. The number of Topliss-reactive ketones (excluding diaryl/α,β-unsaturated/α-hetero) is 1. The predicted molar refractivity (Wildman–Crippen MR) is 294 cm³/mol. The molecule has 3 unspecified atom stereocenters. The standard InChI is InChI=1S/C19H27N3O3S.C18H24N2O3S.C14H19N3OS.ClH/c1-13(22-24-6)14-8-7-9-15(12-14)19(5)10-11-26-16(21-19)20-17(23)25-18(2,3)4;1-12(21)13-7-6-8-14(11-13)18(5)9-10-24-15(20-18)19-16(22)23-17(2,3)4;1-10(17-18-3)11-5-4-6-12(9-11)14(2)7-8-19-13(15)16-14;/h7-9,12H,10-11H2,1-6H3,(H,20,21,23);6-8,11H,9-10H2,1-5H3,(H,19,20,22);4-6,9H,7-8H2,1-3H3,(H2,15,16);1H/b22-13+;;17-10+;.